The summed E-state index contributed by atoms with van der Waals surface area (Å²) < 4.78 is 46.7. The molecule has 0 aromatic carbocycles. The van der Waals surface area contributed by atoms with Crippen LogP contribution in [0.2, 0.25) is 0 Å². The molecule has 0 saturated carbocycles. The minimum atomic E-state index is -5.04. The summed E-state index contributed by atoms with van der Waals surface area (Å²) in [5.41, 5.74) is -3.79. The number of nitrogens with one attached hydrogen (secondary N) is 1. The summed E-state index contributed by atoms with van der Waals surface area (Å²) in [5, 5.41) is 12.8. The highest BCUT2D eigenvalue weighted by atomic mass is 19.4. The number of aliphatic hydroxyl groups is 1. The molecule has 2 rings (SSSR count). The molecule has 1 aromatic rings. The summed E-state index contributed by atoms with van der Waals surface area (Å²) in [4.78, 5) is 17.9. The molecular formula is C16H25F3N4O3. The number of alkyl halides is 3. The lowest BCUT2D eigenvalue weighted by Gasteiger charge is -2.41. The number of aryl methyl sites for hydroxylation is 1. The third-order valence-electron chi connectivity index (χ3n) is 4.66. The number of carbonyl (C=O) groups excluding carboxylic acids is 1. The molecule has 1 unspecified atom stereocenters. The predicted octanol–water partition coefficient (Wildman–Crippen LogP) is 0.787. The van der Waals surface area contributed by atoms with Gasteiger partial charge < -0.3 is 19.7 Å². The average Bonchev–Trinajstić information content (AvgIpc) is 2.99. The maximum Gasteiger partial charge on any atom is 0.425 e. The number of imidazole rings is 1. The Labute approximate surface area is 150 Å². The summed E-state index contributed by atoms with van der Waals surface area (Å²) in [6, 6.07) is 0. The molecule has 1 aliphatic heterocycles. The molecule has 1 aromatic heterocycles. The molecule has 1 amide bonds. The van der Waals surface area contributed by atoms with Crippen LogP contribution in [0.1, 0.15) is 26.1 Å². The molecule has 1 atom stereocenters. The zero-order valence-corrected chi connectivity index (χ0v) is 15.1. The van der Waals surface area contributed by atoms with E-state index in [9.17, 15) is 23.1 Å². The topological polar surface area (TPSA) is 79.6 Å². The van der Waals surface area contributed by atoms with E-state index in [2.05, 4.69) is 15.2 Å². The van der Waals surface area contributed by atoms with Gasteiger partial charge in [-0.15, -0.1) is 0 Å². The summed E-state index contributed by atoms with van der Waals surface area (Å²) >= 11 is 0. The summed E-state index contributed by atoms with van der Waals surface area (Å²) in [6.07, 6.45) is -3.76. The summed E-state index contributed by atoms with van der Waals surface area (Å²) in [7, 11) is 1.33. The van der Waals surface area contributed by atoms with E-state index in [0.29, 0.717) is 26.3 Å². The Bertz CT molecular complexity index is 627. The monoisotopic (exact) mass is 378 g/mol. The number of hydrogen-bond donors (Lipinski definition) is 2. The van der Waals surface area contributed by atoms with Crippen molar-refractivity contribution in [1.82, 2.24) is 19.8 Å². The van der Waals surface area contributed by atoms with Crippen LogP contribution < -0.4 is 5.32 Å². The number of ether oxygens (including phenoxy) is 1. The summed E-state index contributed by atoms with van der Waals surface area (Å²) in [6.45, 7) is 6.46. The molecule has 2 N–H and O–H groups in total. The van der Waals surface area contributed by atoms with E-state index in [-0.39, 0.29) is 6.54 Å². The molecule has 1 aliphatic rings. The number of aromatic nitrogens is 2. The molecule has 7 nitrogen and oxygen atoms in total. The van der Waals surface area contributed by atoms with Crippen molar-refractivity contribution >= 4 is 5.91 Å². The van der Waals surface area contributed by atoms with E-state index < -0.39 is 35.5 Å². The molecule has 1 fully saturated rings. The SMILES string of the molecule is Cn1ccnc1C(O)(CC(=O)NCC(C)(C)N1CCOCC1)C(F)(F)F. The fourth-order valence-corrected chi connectivity index (χ4v) is 2.96. The number of morpholine rings is 1. The second-order valence-electron chi connectivity index (χ2n) is 7.09. The first-order chi connectivity index (χ1) is 12.0. The van der Waals surface area contributed by atoms with Gasteiger partial charge in [0.1, 0.15) is 0 Å². The Morgan fingerprint density at radius 3 is 2.46 bits per heavy atom. The second kappa shape index (κ2) is 7.53. The third kappa shape index (κ3) is 4.36. The van der Waals surface area contributed by atoms with Gasteiger partial charge in [-0.25, -0.2) is 4.98 Å². The van der Waals surface area contributed by atoms with Gasteiger partial charge in [-0.1, -0.05) is 0 Å². The Morgan fingerprint density at radius 1 is 1.35 bits per heavy atom. The van der Waals surface area contributed by atoms with Gasteiger partial charge in [-0.3, -0.25) is 9.69 Å². The van der Waals surface area contributed by atoms with Crippen LogP contribution in [0.4, 0.5) is 13.2 Å². The number of hydrogen-bond acceptors (Lipinski definition) is 5. The number of halogens is 3. The van der Waals surface area contributed by atoms with Crippen molar-refractivity contribution < 1.29 is 27.8 Å². The van der Waals surface area contributed by atoms with Crippen molar-refractivity contribution in [3.05, 3.63) is 18.2 Å². The number of carbonyl (C=O) groups is 1. The fourth-order valence-electron chi connectivity index (χ4n) is 2.96. The first-order valence-electron chi connectivity index (χ1n) is 8.34. The standard InChI is InChI=1S/C16H25F3N4O3/c1-14(2,23-6-8-26-9-7-23)11-21-12(24)10-15(25,16(17,18)19)13-20-4-5-22(13)3/h4-5,25H,6-11H2,1-3H3,(H,21,24). The molecule has 0 spiro atoms. The number of nitrogens with zero attached hydrogens (tertiary/aromatic N) is 3. The van der Waals surface area contributed by atoms with E-state index in [1.807, 2.05) is 13.8 Å². The van der Waals surface area contributed by atoms with Gasteiger partial charge in [-0.05, 0) is 13.8 Å². The molecule has 0 aliphatic carbocycles. The van der Waals surface area contributed by atoms with Gasteiger partial charge in [0.15, 0.2) is 5.82 Å². The van der Waals surface area contributed by atoms with Crippen molar-refractivity contribution in [2.75, 3.05) is 32.8 Å². The quantitative estimate of drug-likeness (QED) is 0.765. The number of amides is 1. The molecule has 2 heterocycles. The van der Waals surface area contributed by atoms with Crippen LogP contribution in [0, 0.1) is 0 Å². The van der Waals surface area contributed by atoms with Gasteiger partial charge >= 0.3 is 6.18 Å². The Morgan fingerprint density at radius 2 is 1.96 bits per heavy atom. The molecule has 1 saturated heterocycles. The van der Waals surface area contributed by atoms with Crippen molar-refractivity contribution in [2.24, 2.45) is 7.05 Å². The van der Waals surface area contributed by atoms with Crippen molar-refractivity contribution in [1.29, 1.82) is 0 Å². The second-order valence-corrected chi connectivity index (χ2v) is 7.09. The largest absolute Gasteiger partial charge is 0.425 e. The molecule has 0 radical (unpaired) electrons. The maximum absolute atomic E-state index is 13.5. The molecular weight excluding hydrogens is 353 g/mol. The maximum atomic E-state index is 13.5. The third-order valence-corrected chi connectivity index (χ3v) is 4.66. The summed E-state index contributed by atoms with van der Waals surface area (Å²) in [5.74, 6) is -1.51. The van der Waals surface area contributed by atoms with Crippen LogP contribution >= 0.6 is 0 Å². The highest BCUT2D eigenvalue weighted by Crippen LogP contribution is 2.40. The van der Waals surface area contributed by atoms with Crippen LogP contribution in [-0.2, 0) is 22.2 Å². The molecule has 148 valence electrons. The van der Waals surface area contributed by atoms with Crippen LogP contribution in [0.3, 0.4) is 0 Å². The molecule has 26 heavy (non-hydrogen) atoms. The van der Waals surface area contributed by atoms with E-state index >= 15 is 0 Å². The van der Waals surface area contributed by atoms with E-state index in [0.717, 1.165) is 10.8 Å². The lowest BCUT2D eigenvalue weighted by atomic mass is 9.96. The van der Waals surface area contributed by atoms with Gasteiger partial charge in [0, 0.05) is 44.6 Å². The van der Waals surface area contributed by atoms with Crippen LogP contribution in [0.15, 0.2) is 12.4 Å². The van der Waals surface area contributed by atoms with Crippen LogP contribution in [0.5, 0.6) is 0 Å². The van der Waals surface area contributed by atoms with Gasteiger partial charge in [0.05, 0.1) is 19.6 Å². The van der Waals surface area contributed by atoms with E-state index in [4.69, 9.17) is 4.74 Å². The minimum Gasteiger partial charge on any atom is -0.379 e. The van der Waals surface area contributed by atoms with E-state index in [1.165, 1.54) is 13.2 Å². The first-order valence-corrected chi connectivity index (χ1v) is 8.34. The predicted molar refractivity (Wildman–Crippen MR) is 87.3 cm³/mol. The smallest absolute Gasteiger partial charge is 0.379 e. The van der Waals surface area contributed by atoms with Crippen molar-refractivity contribution in [2.45, 2.75) is 37.6 Å². The number of rotatable bonds is 6. The lowest BCUT2D eigenvalue weighted by Crippen LogP contribution is -2.56. The zero-order valence-electron chi connectivity index (χ0n) is 15.1. The van der Waals surface area contributed by atoms with Crippen molar-refractivity contribution in [3.63, 3.8) is 0 Å². The molecule has 0 bridgehead atoms. The fraction of sp³-hybridized carbons (Fsp3) is 0.750. The van der Waals surface area contributed by atoms with Crippen LogP contribution in [0.25, 0.3) is 0 Å². The average molecular weight is 378 g/mol. The van der Waals surface area contributed by atoms with Crippen LogP contribution in [-0.4, -0.2) is 70.0 Å². The molecule has 10 heteroatoms. The zero-order chi connectivity index (χ0) is 19.6. The van der Waals surface area contributed by atoms with E-state index in [1.54, 1.807) is 0 Å². The van der Waals surface area contributed by atoms with Gasteiger partial charge in [0.2, 0.25) is 11.5 Å². The highest BCUT2D eigenvalue weighted by Gasteiger charge is 2.58. The lowest BCUT2D eigenvalue weighted by molar-refractivity contribution is -0.271. The van der Waals surface area contributed by atoms with Gasteiger partial charge in [-0.2, -0.15) is 13.2 Å². The van der Waals surface area contributed by atoms with Crippen molar-refractivity contribution in [3.8, 4) is 0 Å². The Kier molecular flexibility index (Phi) is 5.99. The first kappa shape index (κ1) is 20.7. The highest BCUT2D eigenvalue weighted by molar-refractivity contribution is 5.77. The normalized spacial score (nSPS) is 19.2. The van der Waals surface area contributed by atoms with Gasteiger partial charge in [0.25, 0.3) is 0 Å². The minimum absolute atomic E-state index is 0.153. The Hall–Kier alpha value is -1.65. The Balaban J connectivity index is 2.05.